The number of aromatic hydroxyl groups is 4. The molecule has 0 aliphatic heterocycles. The van der Waals surface area contributed by atoms with Crippen molar-refractivity contribution in [2.24, 2.45) is 0 Å². The lowest BCUT2D eigenvalue weighted by Gasteiger charge is -2.14. The smallest absolute Gasteiger partial charge is 0.207 e. The first-order valence-corrected chi connectivity index (χ1v) is 7.69. The standard InChI is InChI=1S/C12H18O2.C6H2F4O2/c1-7(2)9-5-10(8(3)4)12(14)11(13)6-9;7-1-2(8)4(10)6(12)5(11)3(1)9/h5-8,13-14H,1-4H3;11-12H. The van der Waals surface area contributed by atoms with E-state index in [9.17, 15) is 27.8 Å². The van der Waals surface area contributed by atoms with Gasteiger partial charge in [0.05, 0.1) is 0 Å². The van der Waals surface area contributed by atoms with Crippen LogP contribution >= 0.6 is 0 Å². The molecule has 0 amide bonds. The Bertz CT molecular complexity index is 700. The molecule has 2 aromatic carbocycles. The summed E-state index contributed by atoms with van der Waals surface area (Å²) in [5, 5.41) is 36.0. The largest absolute Gasteiger partial charge is 0.504 e. The summed E-state index contributed by atoms with van der Waals surface area (Å²) in [5.41, 5.74) is 1.87. The SMILES string of the molecule is CC(C)c1cc(O)c(O)c(C(C)C)c1.Oc1c(O)c(F)c(F)c(F)c1F. The fraction of sp³-hybridized carbons (Fsp3) is 0.333. The lowest BCUT2D eigenvalue weighted by molar-refractivity contribution is 0.318. The van der Waals surface area contributed by atoms with Crippen LogP contribution in [-0.4, -0.2) is 20.4 Å². The molecule has 0 fully saturated rings. The van der Waals surface area contributed by atoms with Gasteiger partial charge in [-0.1, -0.05) is 33.8 Å². The first-order chi connectivity index (χ1) is 11.9. The van der Waals surface area contributed by atoms with E-state index in [2.05, 4.69) is 13.8 Å². The third kappa shape index (κ3) is 4.30. The second kappa shape index (κ2) is 8.16. The van der Waals surface area contributed by atoms with Crippen LogP contribution in [0.3, 0.4) is 0 Å². The van der Waals surface area contributed by atoms with Gasteiger partial charge in [0.25, 0.3) is 0 Å². The maximum atomic E-state index is 12.2. The van der Waals surface area contributed by atoms with Gasteiger partial charge in [0.1, 0.15) is 0 Å². The molecule has 0 aliphatic carbocycles. The van der Waals surface area contributed by atoms with E-state index in [1.807, 2.05) is 19.9 Å². The molecule has 144 valence electrons. The number of halogens is 4. The summed E-state index contributed by atoms with van der Waals surface area (Å²) in [7, 11) is 0. The van der Waals surface area contributed by atoms with E-state index in [0.717, 1.165) is 11.1 Å². The third-order valence-corrected chi connectivity index (χ3v) is 3.65. The van der Waals surface area contributed by atoms with E-state index < -0.39 is 34.8 Å². The van der Waals surface area contributed by atoms with E-state index >= 15 is 0 Å². The number of rotatable bonds is 2. The van der Waals surface area contributed by atoms with Gasteiger partial charge in [-0.25, -0.2) is 8.78 Å². The van der Waals surface area contributed by atoms with Crippen LogP contribution in [0.5, 0.6) is 23.0 Å². The zero-order valence-corrected chi connectivity index (χ0v) is 14.6. The normalized spacial score (nSPS) is 10.8. The highest BCUT2D eigenvalue weighted by molar-refractivity contribution is 5.49. The Kier molecular flexibility index (Phi) is 6.72. The third-order valence-electron chi connectivity index (χ3n) is 3.65. The zero-order valence-electron chi connectivity index (χ0n) is 14.6. The molecule has 0 aliphatic rings. The molecule has 2 rings (SSSR count). The molecule has 0 atom stereocenters. The minimum absolute atomic E-state index is 0.0140. The van der Waals surface area contributed by atoms with Crippen LogP contribution in [0.2, 0.25) is 0 Å². The molecule has 0 aromatic heterocycles. The van der Waals surface area contributed by atoms with E-state index in [1.54, 1.807) is 6.07 Å². The van der Waals surface area contributed by atoms with Gasteiger partial charge < -0.3 is 20.4 Å². The molecule has 4 nitrogen and oxygen atoms in total. The predicted molar refractivity (Wildman–Crippen MR) is 87.6 cm³/mol. The van der Waals surface area contributed by atoms with Gasteiger partial charge in [0.2, 0.25) is 34.8 Å². The molecule has 0 heterocycles. The molecule has 0 bridgehead atoms. The summed E-state index contributed by atoms with van der Waals surface area (Å²) in [6, 6.07) is 3.59. The van der Waals surface area contributed by atoms with Crippen molar-refractivity contribution in [2.45, 2.75) is 39.5 Å². The molecule has 0 saturated heterocycles. The summed E-state index contributed by atoms with van der Waals surface area (Å²) in [5.74, 6) is -11.1. The predicted octanol–water partition coefficient (Wildman–Crippen LogP) is 5.00. The van der Waals surface area contributed by atoms with Gasteiger partial charge >= 0.3 is 0 Å². The molecule has 26 heavy (non-hydrogen) atoms. The monoisotopic (exact) mass is 376 g/mol. The van der Waals surface area contributed by atoms with Crippen molar-refractivity contribution in [3.63, 3.8) is 0 Å². The van der Waals surface area contributed by atoms with Gasteiger partial charge in [0, 0.05) is 5.56 Å². The van der Waals surface area contributed by atoms with Gasteiger partial charge in [0.15, 0.2) is 11.5 Å². The van der Waals surface area contributed by atoms with Crippen molar-refractivity contribution in [3.8, 4) is 23.0 Å². The van der Waals surface area contributed by atoms with Crippen molar-refractivity contribution < 1.29 is 38.0 Å². The highest BCUT2D eigenvalue weighted by atomic mass is 19.2. The van der Waals surface area contributed by atoms with Crippen LogP contribution in [0, 0.1) is 23.3 Å². The highest BCUT2D eigenvalue weighted by Crippen LogP contribution is 2.37. The summed E-state index contributed by atoms with van der Waals surface area (Å²) < 4.78 is 48.8. The number of benzene rings is 2. The first-order valence-electron chi connectivity index (χ1n) is 7.69. The molecule has 0 spiro atoms. The van der Waals surface area contributed by atoms with E-state index in [1.165, 1.54) is 0 Å². The summed E-state index contributed by atoms with van der Waals surface area (Å²) in [6.45, 7) is 8.13. The molecule has 8 heteroatoms. The van der Waals surface area contributed by atoms with Crippen LogP contribution in [0.25, 0.3) is 0 Å². The number of hydrogen-bond acceptors (Lipinski definition) is 4. The molecule has 2 aromatic rings. The number of phenols is 4. The van der Waals surface area contributed by atoms with E-state index in [4.69, 9.17) is 10.2 Å². The Balaban J connectivity index is 0.000000263. The second-order valence-electron chi connectivity index (χ2n) is 6.24. The molecular formula is C18H20F4O4. The Morgan fingerprint density at radius 2 is 1.04 bits per heavy atom. The van der Waals surface area contributed by atoms with Crippen molar-refractivity contribution in [2.75, 3.05) is 0 Å². The first kappa shape index (κ1) is 21.4. The Labute approximate surface area is 148 Å². The fourth-order valence-electron chi connectivity index (χ4n) is 2.05. The quantitative estimate of drug-likeness (QED) is 0.257. The summed E-state index contributed by atoms with van der Waals surface area (Å²) in [6.07, 6.45) is 0. The Morgan fingerprint density at radius 3 is 1.38 bits per heavy atom. The minimum atomic E-state index is -2.16. The van der Waals surface area contributed by atoms with Crippen LogP contribution in [0.15, 0.2) is 12.1 Å². The number of hydrogen-bond donors (Lipinski definition) is 4. The Morgan fingerprint density at radius 1 is 0.615 bits per heavy atom. The average Bonchev–Trinajstić information content (AvgIpc) is 2.58. The molecule has 0 radical (unpaired) electrons. The molecule has 0 saturated carbocycles. The van der Waals surface area contributed by atoms with Gasteiger partial charge in [-0.2, -0.15) is 8.78 Å². The van der Waals surface area contributed by atoms with Gasteiger partial charge in [-0.3, -0.25) is 0 Å². The van der Waals surface area contributed by atoms with Crippen LogP contribution in [0.4, 0.5) is 17.6 Å². The Hall–Kier alpha value is -2.64. The van der Waals surface area contributed by atoms with Crippen LogP contribution in [-0.2, 0) is 0 Å². The highest BCUT2D eigenvalue weighted by Gasteiger charge is 2.24. The molecule has 4 N–H and O–H groups in total. The van der Waals surface area contributed by atoms with Gasteiger partial charge in [-0.05, 0) is 23.5 Å². The van der Waals surface area contributed by atoms with Crippen molar-refractivity contribution >= 4 is 0 Å². The lowest BCUT2D eigenvalue weighted by Crippen LogP contribution is -1.96. The fourth-order valence-corrected chi connectivity index (χ4v) is 2.05. The van der Waals surface area contributed by atoms with Gasteiger partial charge in [-0.15, -0.1) is 0 Å². The second-order valence-corrected chi connectivity index (χ2v) is 6.24. The molecule has 0 unspecified atom stereocenters. The summed E-state index contributed by atoms with van der Waals surface area (Å²) in [4.78, 5) is 0. The number of phenolic OH excluding ortho intramolecular Hbond substituents is 4. The van der Waals surface area contributed by atoms with Crippen LogP contribution in [0.1, 0.15) is 50.7 Å². The van der Waals surface area contributed by atoms with Crippen molar-refractivity contribution in [1.29, 1.82) is 0 Å². The average molecular weight is 376 g/mol. The molecular weight excluding hydrogens is 356 g/mol. The topological polar surface area (TPSA) is 80.9 Å². The lowest BCUT2D eigenvalue weighted by atomic mass is 9.94. The maximum Gasteiger partial charge on any atom is 0.207 e. The van der Waals surface area contributed by atoms with E-state index in [-0.39, 0.29) is 17.4 Å². The van der Waals surface area contributed by atoms with Crippen molar-refractivity contribution in [3.05, 3.63) is 46.5 Å². The zero-order chi connectivity index (χ0) is 20.3. The minimum Gasteiger partial charge on any atom is -0.504 e. The summed E-state index contributed by atoms with van der Waals surface area (Å²) >= 11 is 0. The van der Waals surface area contributed by atoms with Crippen LogP contribution < -0.4 is 0 Å². The van der Waals surface area contributed by atoms with Crippen molar-refractivity contribution in [1.82, 2.24) is 0 Å². The van der Waals surface area contributed by atoms with E-state index in [0.29, 0.717) is 5.92 Å². The maximum absolute atomic E-state index is 12.2.